The van der Waals surface area contributed by atoms with Crippen LogP contribution < -0.4 is 0 Å². The second kappa shape index (κ2) is 23.5. The zero-order chi connectivity index (χ0) is 49.3. The first-order chi connectivity index (χ1) is 31.7. The van der Waals surface area contributed by atoms with Crippen LogP contribution in [-0.2, 0) is 52.1 Å². The van der Waals surface area contributed by atoms with E-state index in [0.29, 0.717) is 0 Å². The van der Waals surface area contributed by atoms with E-state index >= 15 is 0 Å². The van der Waals surface area contributed by atoms with E-state index in [0.717, 1.165) is 0 Å². The van der Waals surface area contributed by atoms with E-state index in [1.54, 1.807) is 0 Å². The van der Waals surface area contributed by atoms with Crippen LogP contribution in [0.3, 0.4) is 0 Å². The molecule has 0 aromatic rings. The van der Waals surface area contributed by atoms with Crippen LogP contribution in [0.15, 0.2) is 0 Å². The Bertz CT molecular complexity index is 1500. The largest absolute Gasteiger partial charge is 0.394 e. The lowest BCUT2D eigenvalue weighted by molar-refractivity contribution is -0.393. The molecule has 0 aromatic heterocycles. The lowest BCUT2D eigenvalue weighted by Gasteiger charge is -2.49. The van der Waals surface area contributed by atoms with Crippen LogP contribution in [0, 0.1) is 0 Å². The van der Waals surface area contributed by atoms with Crippen molar-refractivity contribution in [2.45, 2.75) is 184 Å². The molecule has 6 heterocycles. The van der Waals surface area contributed by atoms with Gasteiger partial charge in [-0.2, -0.15) is 0 Å². The van der Waals surface area contributed by atoms with E-state index in [4.69, 9.17) is 52.1 Å². The number of aliphatic hydroxyl groups is 20. The van der Waals surface area contributed by atoms with Gasteiger partial charge in [-0.25, -0.2) is 0 Å². The van der Waals surface area contributed by atoms with Gasteiger partial charge >= 0.3 is 0 Å². The summed E-state index contributed by atoms with van der Waals surface area (Å²) in [6.45, 7) is -5.42. The summed E-state index contributed by atoms with van der Waals surface area (Å²) < 4.78 is 60.3. The highest BCUT2D eigenvalue weighted by Gasteiger charge is 2.57. The fraction of sp³-hybridized carbons (Fsp3) is 1.00. The van der Waals surface area contributed by atoms with Gasteiger partial charge < -0.3 is 154 Å². The molecule has 0 spiro atoms. The second-order valence-electron chi connectivity index (χ2n) is 16.8. The van der Waals surface area contributed by atoms with Crippen molar-refractivity contribution in [3.8, 4) is 0 Å². The van der Waals surface area contributed by atoms with Crippen molar-refractivity contribution in [3.63, 3.8) is 0 Å². The molecule has 0 bridgehead atoms. The third-order valence-corrected chi connectivity index (χ3v) is 12.4. The smallest absolute Gasteiger partial charge is 0.187 e. The Balaban J connectivity index is 1.06. The van der Waals surface area contributed by atoms with E-state index in [2.05, 4.69) is 0 Å². The molecule has 20 N–H and O–H groups in total. The highest BCUT2D eigenvalue weighted by Crippen LogP contribution is 2.36. The Morgan fingerprint density at radius 2 is 0.522 bits per heavy atom. The highest BCUT2D eigenvalue weighted by atomic mass is 16.8. The summed E-state index contributed by atoms with van der Waals surface area (Å²) in [7, 11) is 0. The van der Waals surface area contributed by atoms with Crippen LogP contribution in [0.25, 0.3) is 0 Å². The second-order valence-corrected chi connectivity index (χ2v) is 16.8. The van der Waals surface area contributed by atoms with E-state index in [-0.39, 0.29) is 0 Å². The number of hydrogen-bond donors (Lipinski definition) is 20. The molecule has 30 atom stereocenters. The molecule has 31 nitrogen and oxygen atoms in total. The Morgan fingerprint density at radius 3 is 0.881 bits per heavy atom. The van der Waals surface area contributed by atoms with Gasteiger partial charge in [0.2, 0.25) is 0 Å². The summed E-state index contributed by atoms with van der Waals surface area (Å²) in [6.07, 6.45) is -56.2. The third-order valence-electron chi connectivity index (χ3n) is 12.4. The standard InChI is InChI=1S/C36H62O31/c37-1-7-13(42)15(44)22(51)32(59-7)57-6-12-14(43)16(45)23(52)33(63-12)65-28-9(3-39)61-35(25(54)18(28)47)67-30-11(5-41)62-36(26(55)20(30)49)66-29-10(4-40)60-34(24(53)19(29)48)64-27-8(2-38)58-31(56)21(50)17(27)46/h7-56H,1-6H2/t7-,8-,9-,10-,11-,12-,13-,14-,15+,16+,17-,18-,19-,20-,21-,22-,23-,24-,25-,26-,27-,28-,29-,30-,31+,32+,33-,34-,35-,36-/m1/s1. The van der Waals surface area contributed by atoms with E-state index in [9.17, 15) is 102 Å². The maximum Gasteiger partial charge on any atom is 0.187 e. The predicted molar refractivity (Wildman–Crippen MR) is 199 cm³/mol. The van der Waals surface area contributed by atoms with Gasteiger partial charge in [-0.1, -0.05) is 0 Å². The van der Waals surface area contributed by atoms with Gasteiger partial charge in [0.15, 0.2) is 37.7 Å². The summed E-state index contributed by atoms with van der Waals surface area (Å²) >= 11 is 0. The van der Waals surface area contributed by atoms with Gasteiger partial charge in [-0.15, -0.1) is 0 Å². The average molecular weight is 991 g/mol. The lowest BCUT2D eigenvalue weighted by atomic mass is 9.95. The molecule has 0 unspecified atom stereocenters. The number of aliphatic hydroxyl groups excluding tert-OH is 20. The van der Waals surface area contributed by atoms with Gasteiger partial charge in [0.05, 0.1) is 39.6 Å². The summed E-state index contributed by atoms with van der Waals surface area (Å²) in [5.74, 6) is 0. The minimum atomic E-state index is -2.18. The molecule has 67 heavy (non-hydrogen) atoms. The molecule has 0 aliphatic carbocycles. The molecule has 31 heteroatoms. The molecule has 6 saturated heterocycles. The fourth-order valence-corrected chi connectivity index (χ4v) is 8.42. The molecule has 392 valence electrons. The lowest BCUT2D eigenvalue weighted by Crippen LogP contribution is -2.68. The van der Waals surface area contributed by atoms with Gasteiger partial charge in [0.25, 0.3) is 0 Å². The van der Waals surface area contributed by atoms with Gasteiger partial charge in [0.1, 0.15) is 146 Å². The molecule has 6 fully saturated rings. The minimum absolute atomic E-state index is 0.753. The van der Waals surface area contributed by atoms with Crippen molar-refractivity contribution in [2.24, 2.45) is 0 Å². The Kier molecular flexibility index (Phi) is 19.4. The maximum absolute atomic E-state index is 11.2. The third kappa shape index (κ3) is 11.4. The molecule has 0 saturated carbocycles. The fourth-order valence-electron chi connectivity index (χ4n) is 8.42. The van der Waals surface area contributed by atoms with Crippen LogP contribution in [-0.4, -0.2) is 326 Å². The summed E-state index contributed by atoms with van der Waals surface area (Å²) in [4.78, 5) is 0. The molecule has 6 aliphatic rings. The van der Waals surface area contributed by atoms with Crippen molar-refractivity contribution < 1.29 is 154 Å². The number of ether oxygens (including phenoxy) is 11. The minimum Gasteiger partial charge on any atom is -0.394 e. The van der Waals surface area contributed by atoms with Crippen LogP contribution >= 0.6 is 0 Å². The van der Waals surface area contributed by atoms with E-state index in [1.165, 1.54) is 0 Å². The Morgan fingerprint density at radius 1 is 0.254 bits per heavy atom. The zero-order valence-electron chi connectivity index (χ0n) is 35.0. The maximum atomic E-state index is 11.2. The summed E-state index contributed by atoms with van der Waals surface area (Å²) in [5.41, 5.74) is 0. The molecule has 6 aliphatic heterocycles. The first kappa shape index (κ1) is 55.1. The summed E-state index contributed by atoms with van der Waals surface area (Å²) in [5, 5.41) is 209. The van der Waals surface area contributed by atoms with Crippen molar-refractivity contribution >= 4 is 0 Å². The zero-order valence-corrected chi connectivity index (χ0v) is 35.0. The molecular weight excluding hydrogens is 928 g/mol. The monoisotopic (exact) mass is 990 g/mol. The number of hydrogen-bond acceptors (Lipinski definition) is 31. The first-order valence-corrected chi connectivity index (χ1v) is 21.1. The van der Waals surface area contributed by atoms with Crippen molar-refractivity contribution in [2.75, 3.05) is 39.6 Å². The van der Waals surface area contributed by atoms with Crippen molar-refractivity contribution in [1.29, 1.82) is 0 Å². The first-order valence-electron chi connectivity index (χ1n) is 21.1. The Labute approximate surface area is 378 Å². The van der Waals surface area contributed by atoms with Crippen LogP contribution in [0.5, 0.6) is 0 Å². The van der Waals surface area contributed by atoms with Crippen LogP contribution in [0.2, 0.25) is 0 Å². The quantitative estimate of drug-likeness (QED) is 0.0683. The van der Waals surface area contributed by atoms with E-state index < -0.39 is 224 Å². The van der Waals surface area contributed by atoms with Crippen LogP contribution in [0.4, 0.5) is 0 Å². The molecule has 6 rings (SSSR count). The normalized spacial score (nSPS) is 53.4. The van der Waals surface area contributed by atoms with Gasteiger partial charge in [-0.3, -0.25) is 0 Å². The van der Waals surface area contributed by atoms with E-state index in [1.807, 2.05) is 0 Å². The summed E-state index contributed by atoms with van der Waals surface area (Å²) in [6, 6.07) is 0. The average Bonchev–Trinajstić information content (AvgIpc) is 3.32. The van der Waals surface area contributed by atoms with Crippen LogP contribution in [0.1, 0.15) is 0 Å². The molecule has 0 radical (unpaired) electrons. The predicted octanol–water partition coefficient (Wildman–Crippen LogP) is -14.1. The molecule has 0 amide bonds. The molecule has 0 aromatic carbocycles. The Hall–Kier alpha value is -1.24. The van der Waals surface area contributed by atoms with Gasteiger partial charge in [-0.05, 0) is 0 Å². The molecular formula is C36H62O31. The van der Waals surface area contributed by atoms with Crippen molar-refractivity contribution in [1.82, 2.24) is 0 Å². The SMILES string of the molecule is OC[C@H]1O[C@H](OC[C@H]2O[C@H](O[C@H]3[C@H](O)[C@@H](O)[C@@H](O[C@H]4[C@H](O)[C@@H](O)[C@@H](O[C@H]5[C@H](O)[C@@H](O)[C@@H](O[C@H]6[C@H](O)[C@@H](O)[C@@H](O)O[C@@H]6CO)O[C@@H]5CO)O[C@@H]4CO)O[C@@H]3CO)[C@H](O)[C@@H](O)[C@@H]2O)[C@H](O)[C@@H](O)[C@@H]1O. The van der Waals surface area contributed by atoms with Crippen molar-refractivity contribution in [3.05, 3.63) is 0 Å². The highest BCUT2D eigenvalue weighted by molar-refractivity contribution is 4.99. The van der Waals surface area contributed by atoms with Gasteiger partial charge in [0, 0.05) is 0 Å². The number of rotatable bonds is 16. The topological polar surface area (TPSA) is 506 Å².